The van der Waals surface area contributed by atoms with Gasteiger partial charge in [0.2, 0.25) is 0 Å². The lowest BCUT2D eigenvalue weighted by atomic mass is 10.1. The number of nitrogens with two attached hydrogens (primary N) is 1. The molecule has 21 heavy (non-hydrogen) atoms. The molecule has 0 saturated heterocycles. The number of anilines is 2. The normalized spacial score (nSPS) is 15.9. The predicted octanol–water partition coefficient (Wildman–Crippen LogP) is 3.51. The molecule has 0 aliphatic heterocycles. The summed E-state index contributed by atoms with van der Waals surface area (Å²) in [6.45, 7) is 9.09. The number of nitrogen functional groups attached to an aromatic ring is 1. The Morgan fingerprint density at radius 1 is 1.48 bits per heavy atom. The van der Waals surface area contributed by atoms with Crippen molar-refractivity contribution in [3.05, 3.63) is 4.88 Å². The van der Waals surface area contributed by atoms with E-state index in [-0.39, 0.29) is 12.1 Å². The second kappa shape index (κ2) is 6.13. The molecule has 1 saturated carbocycles. The third-order valence-corrected chi connectivity index (χ3v) is 4.62. The van der Waals surface area contributed by atoms with Gasteiger partial charge in [-0.25, -0.2) is 4.79 Å². The van der Waals surface area contributed by atoms with E-state index in [1.165, 1.54) is 24.2 Å². The minimum atomic E-state index is -0.390. The van der Waals surface area contributed by atoms with Crippen molar-refractivity contribution in [3.8, 4) is 5.75 Å². The molecule has 1 aliphatic rings. The van der Waals surface area contributed by atoms with E-state index < -0.39 is 0 Å². The fourth-order valence-corrected chi connectivity index (χ4v) is 2.87. The SMILES string of the molecule is CCOC(=O)c1sc(NCC2(C)CC2)c(OC(C)C)c1N. The van der Waals surface area contributed by atoms with Crippen LogP contribution in [0.3, 0.4) is 0 Å². The molecular weight excluding hydrogens is 288 g/mol. The fourth-order valence-electron chi connectivity index (χ4n) is 1.93. The summed E-state index contributed by atoms with van der Waals surface area (Å²) in [5.41, 5.74) is 6.81. The molecule has 0 aromatic carbocycles. The first-order valence-corrected chi connectivity index (χ1v) is 8.18. The molecule has 0 spiro atoms. The summed E-state index contributed by atoms with van der Waals surface area (Å²) >= 11 is 1.31. The van der Waals surface area contributed by atoms with Crippen LogP contribution in [0.2, 0.25) is 0 Å². The van der Waals surface area contributed by atoms with Crippen LogP contribution >= 0.6 is 11.3 Å². The predicted molar refractivity (Wildman–Crippen MR) is 86.3 cm³/mol. The van der Waals surface area contributed by atoms with Crippen LogP contribution < -0.4 is 15.8 Å². The van der Waals surface area contributed by atoms with E-state index in [4.69, 9.17) is 15.2 Å². The van der Waals surface area contributed by atoms with Crippen molar-refractivity contribution in [2.45, 2.75) is 46.6 Å². The molecule has 0 unspecified atom stereocenters. The van der Waals surface area contributed by atoms with Crippen molar-refractivity contribution in [1.29, 1.82) is 0 Å². The zero-order valence-corrected chi connectivity index (χ0v) is 13.9. The summed E-state index contributed by atoms with van der Waals surface area (Å²) in [4.78, 5) is 12.4. The molecule has 1 aliphatic carbocycles. The molecule has 0 amide bonds. The molecule has 1 fully saturated rings. The first-order valence-electron chi connectivity index (χ1n) is 7.36. The number of ether oxygens (including phenoxy) is 2. The van der Waals surface area contributed by atoms with Crippen LogP contribution in [0.25, 0.3) is 0 Å². The van der Waals surface area contributed by atoms with E-state index in [2.05, 4.69) is 12.2 Å². The number of carbonyl (C=O) groups excluding carboxylic acids is 1. The van der Waals surface area contributed by atoms with E-state index in [9.17, 15) is 4.79 Å². The zero-order valence-electron chi connectivity index (χ0n) is 13.1. The summed E-state index contributed by atoms with van der Waals surface area (Å²) in [6.07, 6.45) is 2.45. The molecule has 0 atom stereocenters. The second-order valence-corrected chi connectivity index (χ2v) is 7.08. The van der Waals surface area contributed by atoms with E-state index in [1.807, 2.05) is 13.8 Å². The van der Waals surface area contributed by atoms with Crippen LogP contribution in [0, 0.1) is 5.41 Å². The third-order valence-electron chi connectivity index (χ3n) is 3.49. The van der Waals surface area contributed by atoms with Gasteiger partial charge in [-0.2, -0.15) is 0 Å². The number of hydrogen-bond acceptors (Lipinski definition) is 6. The Hall–Kier alpha value is -1.43. The van der Waals surface area contributed by atoms with Gasteiger partial charge in [-0.15, -0.1) is 11.3 Å². The lowest BCUT2D eigenvalue weighted by Crippen LogP contribution is -2.13. The average molecular weight is 312 g/mol. The van der Waals surface area contributed by atoms with Crippen molar-refractivity contribution in [2.75, 3.05) is 24.2 Å². The Morgan fingerprint density at radius 2 is 2.14 bits per heavy atom. The van der Waals surface area contributed by atoms with E-state index in [0.29, 0.717) is 28.3 Å². The van der Waals surface area contributed by atoms with Crippen molar-refractivity contribution < 1.29 is 14.3 Å². The smallest absolute Gasteiger partial charge is 0.350 e. The third kappa shape index (κ3) is 3.81. The molecule has 118 valence electrons. The van der Waals surface area contributed by atoms with E-state index >= 15 is 0 Å². The van der Waals surface area contributed by atoms with Gasteiger partial charge in [-0.05, 0) is 39.0 Å². The highest BCUT2D eigenvalue weighted by Crippen LogP contribution is 2.48. The maximum atomic E-state index is 12.0. The van der Waals surface area contributed by atoms with E-state index in [1.54, 1.807) is 6.92 Å². The van der Waals surface area contributed by atoms with Gasteiger partial charge in [-0.1, -0.05) is 6.92 Å². The Labute approximate surface area is 129 Å². The molecule has 1 aromatic rings. The minimum absolute atomic E-state index is 0.00555. The van der Waals surface area contributed by atoms with Gasteiger partial charge in [0.15, 0.2) is 5.75 Å². The van der Waals surface area contributed by atoms with Gasteiger partial charge in [-0.3, -0.25) is 0 Å². The summed E-state index contributed by atoms with van der Waals surface area (Å²) in [5, 5.41) is 4.20. The van der Waals surface area contributed by atoms with Gasteiger partial charge in [0, 0.05) is 6.54 Å². The first kappa shape index (κ1) is 15.9. The number of hydrogen-bond donors (Lipinski definition) is 2. The largest absolute Gasteiger partial charge is 0.486 e. The summed E-state index contributed by atoms with van der Waals surface area (Å²) in [7, 11) is 0. The molecule has 3 N–H and O–H groups in total. The van der Waals surface area contributed by atoms with Gasteiger partial charge in [0.1, 0.15) is 15.6 Å². The highest BCUT2D eigenvalue weighted by molar-refractivity contribution is 7.19. The highest BCUT2D eigenvalue weighted by atomic mass is 32.1. The molecule has 0 radical (unpaired) electrons. The van der Waals surface area contributed by atoms with Gasteiger partial charge in [0.25, 0.3) is 0 Å². The Morgan fingerprint density at radius 3 is 2.67 bits per heavy atom. The topological polar surface area (TPSA) is 73.6 Å². The molecule has 0 bridgehead atoms. The molecule has 1 heterocycles. The van der Waals surface area contributed by atoms with Gasteiger partial charge >= 0.3 is 5.97 Å². The molecular formula is C15H24N2O3S. The zero-order chi connectivity index (χ0) is 15.6. The average Bonchev–Trinajstić information content (AvgIpc) is 3.06. The number of esters is 1. The molecule has 6 heteroatoms. The lowest BCUT2D eigenvalue weighted by Gasteiger charge is -2.14. The van der Waals surface area contributed by atoms with Crippen molar-refractivity contribution in [3.63, 3.8) is 0 Å². The minimum Gasteiger partial charge on any atom is -0.486 e. The Kier molecular flexibility index (Phi) is 4.66. The number of carbonyl (C=O) groups is 1. The second-order valence-electron chi connectivity index (χ2n) is 6.05. The maximum Gasteiger partial charge on any atom is 0.350 e. The Balaban J connectivity index is 2.22. The van der Waals surface area contributed by atoms with Crippen LogP contribution in [-0.2, 0) is 4.74 Å². The van der Waals surface area contributed by atoms with Crippen LogP contribution in [0.5, 0.6) is 5.75 Å². The van der Waals surface area contributed by atoms with Crippen molar-refractivity contribution in [2.24, 2.45) is 5.41 Å². The van der Waals surface area contributed by atoms with Crippen LogP contribution in [0.15, 0.2) is 0 Å². The quantitative estimate of drug-likeness (QED) is 0.754. The maximum absolute atomic E-state index is 12.0. The van der Waals surface area contributed by atoms with Gasteiger partial charge < -0.3 is 20.5 Å². The monoisotopic (exact) mass is 312 g/mol. The van der Waals surface area contributed by atoms with Crippen molar-refractivity contribution >= 4 is 28.0 Å². The van der Waals surface area contributed by atoms with E-state index in [0.717, 1.165) is 11.5 Å². The number of nitrogens with one attached hydrogen (secondary N) is 1. The molecule has 1 aromatic heterocycles. The Bertz CT molecular complexity index is 521. The highest BCUT2D eigenvalue weighted by Gasteiger charge is 2.37. The first-order chi connectivity index (χ1) is 9.86. The van der Waals surface area contributed by atoms with Crippen LogP contribution in [0.4, 0.5) is 10.7 Å². The van der Waals surface area contributed by atoms with Crippen LogP contribution in [-0.4, -0.2) is 25.2 Å². The summed E-state index contributed by atoms with van der Waals surface area (Å²) in [5.74, 6) is 0.182. The van der Waals surface area contributed by atoms with Gasteiger partial charge in [0.05, 0.1) is 12.7 Å². The lowest BCUT2D eigenvalue weighted by molar-refractivity contribution is 0.0533. The van der Waals surface area contributed by atoms with Crippen molar-refractivity contribution in [1.82, 2.24) is 0 Å². The fraction of sp³-hybridized carbons (Fsp3) is 0.667. The molecule has 2 rings (SSSR count). The van der Waals surface area contributed by atoms with Crippen LogP contribution in [0.1, 0.15) is 50.2 Å². The standard InChI is InChI=1S/C15H24N2O3S/c1-5-19-14(18)12-10(16)11(20-9(2)3)13(21-12)17-8-15(4)6-7-15/h9,17H,5-8,16H2,1-4H3. The number of rotatable bonds is 7. The summed E-state index contributed by atoms with van der Waals surface area (Å²) in [6, 6.07) is 0. The summed E-state index contributed by atoms with van der Waals surface area (Å²) < 4.78 is 10.8. The molecule has 5 nitrogen and oxygen atoms in total. The number of thiophene rings is 1.